The van der Waals surface area contributed by atoms with Gasteiger partial charge in [-0.2, -0.15) is 0 Å². The zero-order valence-corrected chi connectivity index (χ0v) is 19.7. The molecule has 0 radical (unpaired) electrons. The Labute approximate surface area is 197 Å². The second kappa shape index (κ2) is 9.71. The van der Waals surface area contributed by atoms with Gasteiger partial charge in [-0.3, -0.25) is 14.5 Å². The van der Waals surface area contributed by atoms with Crippen LogP contribution >= 0.6 is 11.5 Å². The summed E-state index contributed by atoms with van der Waals surface area (Å²) in [4.78, 5) is 42.8. The molecular weight excluding hydrogens is 438 g/mol. The lowest BCUT2D eigenvalue weighted by Gasteiger charge is -2.41. The van der Waals surface area contributed by atoms with E-state index in [1.54, 1.807) is 18.7 Å². The molecule has 0 unspecified atom stereocenters. The number of carbonyl (C=O) groups excluding carboxylic acids is 3. The molecule has 4 amide bonds. The normalized spacial score (nSPS) is 21.0. The molecule has 2 aromatic rings. The lowest BCUT2D eigenvalue weighted by Crippen LogP contribution is -2.56. The summed E-state index contributed by atoms with van der Waals surface area (Å²) in [6.07, 6.45) is 2.44. The van der Waals surface area contributed by atoms with Crippen molar-refractivity contribution in [2.45, 2.75) is 45.1 Å². The predicted octanol–water partition coefficient (Wildman–Crippen LogP) is 2.65. The van der Waals surface area contributed by atoms with Gasteiger partial charge in [-0.05, 0) is 62.5 Å². The lowest BCUT2D eigenvalue weighted by molar-refractivity contribution is -0.133. The molecule has 1 N–H and O–H groups in total. The van der Waals surface area contributed by atoms with Crippen molar-refractivity contribution in [3.8, 4) is 11.8 Å². The molecule has 8 nitrogen and oxygen atoms in total. The molecule has 33 heavy (non-hydrogen) atoms. The summed E-state index contributed by atoms with van der Waals surface area (Å²) < 4.78 is 3.87. The molecule has 0 aliphatic carbocycles. The van der Waals surface area contributed by atoms with Gasteiger partial charge in [0, 0.05) is 13.1 Å². The zero-order chi connectivity index (χ0) is 23.4. The van der Waals surface area contributed by atoms with E-state index in [0.29, 0.717) is 49.3 Å². The SMILES string of the molecule is CC#CCN1C(=O)N[C@@](CCc2ccccc2)(C2CCN(C(=O)c3snnc3C)CC2)C1=O. The van der Waals surface area contributed by atoms with Crippen LogP contribution in [0.2, 0.25) is 0 Å². The van der Waals surface area contributed by atoms with E-state index in [0.717, 1.165) is 17.1 Å². The third-order valence-electron chi connectivity index (χ3n) is 6.59. The maximum Gasteiger partial charge on any atom is 0.325 e. The number of likely N-dealkylation sites (tertiary alicyclic amines) is 1. The first kappa shape index (κ1) is 22.9. The Kier molecular flexibility index (Phi) is 6.75. The van der Waals surface area contributed by atoms with Crippen LogP contribution in [0.25, 0.3) is 0 Å². The summed E-state index contributed by atoms with van der Waals surface area (Å²) in [6, 6.07) is 9.58. The molecule has 2 fully saturated rings. The van der Waals surface area contributed by atoms with Crippen LogP contribution in [0.5, 0.6) is 0 Å². The fourth-order valence-corrected chi connectivity index (χ4v) is 5.35. The smallest absolute Gasteiger partial charge is 0.325 e. The van der Waals surface area contributed by atoms with Crippen molar-refractivity contribution in [1.82, 2.24) is 24.7 Å². The molecule has 1 aromatic carbocycles. The van der Waals surface area contributed by atoms with Crippen molar-refractivity contribution < 1.29 is 14.4 Å². The van der Waals surface area contributed by atoms with Gasteiger partial charge in [0.05, 0.1) is 12.2 Å². The van der Waals surface area contributed by atoms with Gasteiger partial charge in [-0.1, -0.05) is 40.7 Å². The van der Waals surface area contributed by atoms with Crippen molar-refractivity contribution in [1.29, 1.82) is 0 Å². The number of rotatable bonds is 6. The van der Waals surface area contributed by atoms with E-state index >= 15 is 0 Å². The summed E-state index contributed by atoms with van der Waals surface area (Å²) >= 11 is 1.11. The molecule has 0 spiro atoms. The summed E-state index contributed by atoms with van der Waals surface area (Å²) in [5, 5.41) is 6.98. The molecule has 2 aliphatic rings. The Morgan fingerprint density at radius 3 is 2.61 bits per heavy atom. The van der Waals surface area contributed by atoms with Crippen LogP contribution in [0.1, 0.15) is 47.1 Å². The van der Waals surface area contributed by atoms with Crippen LogP contribution in [0.4, 0.5) is 4.79 Å². The summed E-state index contributed by atoms with van der Waals surface area (Å²) in [5.41, 5.74) is 0.767. The summed E-state index contributed by atoms with van der Waals surface area (Å²) in [5.74, 6) is 5.25. The number of nitrogens with one attached hydrogen (secondary N) is 1. The first-order chi connectivity index (χ1) is 16.0. The molecule has 1 aromatic heterocycles. The highest BCUT2D eigenvalue weighted by molar-refractivity contribution is 7.07. The fraction of sp³-hybridized carbons (Fsp3) is 0.458. The van der Waals surface area contributed by atoms with Gasteiger partial charge in [-0.15, -0.1) is 11.0 Å². The molecular formula is C24H27N5O3S. The third kappa shape index (κ3) is 4.48. The number of urea groups is 1. The van der Waals surface area contributed by atoms with Gasteiger partial charge in [0.15, 0.2) is 0 Å². The van der Waals surface area contributed by atoms with Crippen LogP contribution < -0.4 is 5.32 Å². The van der Waals surface area contributed by atoms with Crippen LogP contribution in [0.15, 0.2) is 30.3 Å². The van der Waals surface area contributed by atoms with E-state index in [2.05, 4.69) is 26.7 Å². The minimum absolute atomic E-state index is 0.0676. The second-order valence-corrected chi connectivity index (χ2v) is 9.21. The highest BCUT2D eigenvalue weighted by Crippen LogP contribution is 2.37. The Balaban J connectivity index is 1.53. The number of amides is 4. The lowest BCUT2D eigenvalue weighted by atomic mass is 9.74. The average molecular weight is 466 g/mol. The van der Waals surface area contributed by atoms with Crippen molar-refractivity contribution in [3.05, 3.63) is 46.5 Å². The summed E-state index contributed by atoms with van der Waals surface area (Å²) in [6.45, 7) is 4.59. The maximum atomic E-state index is 13.6. The first-order valence-corrected chi connectivity index (χ1v) is 11.9. The number of imide groups is 1. The second-order valence-electron chi connectivity index (χ2n) is 8.46. The van der Waals surface area contributed by atoms with E-state index in [9.17, 15) is 14.4 Å². The molecule has 2 aliphatic heterocycles. The molecule has 0 bridgehead atoms. The van der Waals surface area contributed by atoms with Crippen LogP contribution in [0, 0.1) is 24.7 Å². The molecule has 1 atom stereocenters. The Bertz CT molecular complexity index is 1100. The van der Waals surface area contributed by atoms with Crippen LogP contribution in [-0.2, 0) is 11.2 Å². The fourth-order valence-electron chi connectivity index (χ4n) is 4.73. The molecule has 4 rings (SSSR count). The Hall–Kier alpha value is -3.25. The Morgan fingerprint density at radius 1 is 1.24 bits per heavy atom. The van der Waals surface area contributed by atoms with Gasteiger partial charge in [0.1, 0.15) is 10.4 Å². The van der Waals surface area contributed by atoms with Crippen molar-refractivity contribution in [2.24, 2.45) is 5.92 Å². The van der Waals surface area contributed by atoms with Crippen molar-refractivity contribution in [2.75, 3.05) is 19.6 Å². The molecule has 3 heterocycles. The van der Waals surface area contributed by atoms with Gasteiger partial charge in [0.2, 0.25) is 0 Å². The number of nitrogens with zero attached hydrogens (tertiary/aromatic N) is 4. The van der Waals surface area contributed by atoms with Crippen LogP contribution in [0.3, 0.4) is 0 Å². The number of aryl methyl sites for hydroxylation is 2. The van der Waals surface area contributed by atoms with E-state index in [1.165, 1.54) is 4.90 Å². The van der Waals surface area contributed by atoms with Gasteiger partial charge < -0.3 is 10.2 Å². The number of piperidine rings is 1. The van der Waals surface area contributed by atoms with Crippen LogP contribution in [-0.4, -0.2) is 62.4 Å². The predicted molar refractivity (Wildman–Crippen MR) is 124 cm³/mol. The maximum absolute atomic E-state index is 13.6. The minimum atomic E-state index is -0.987. The van der Waals surface area contributed by atoms with Gasteiger partial charge in [-0.25, -0.2) is 4.79 Å². The largest absolute Gasteiger partial charge is 0.338 e. The van der Waals surface area contributed by atoms with Crippen molar-refractivity contribution >= 4 is 29.4 Å². The number of hydrogen-bond donors (Lipinski definition) is 1. The first-order valence-electron chi connectivity index (χ1n) is 11.1. The summed E-state index contributed by atoms with van der Waals surface area (Å²) in [7, 11) is 0. The number of hydrogen-bond acceptors (Lipinski definition) is 6. The van der Waals surface area contributed by atoms with E-state index in [4.69, 9.17) is 0 Å². The highest BCUT2D eigenvalue weighted by atomic mass is 32.1. The average Bonchev–Trinajstić information content (AvgIpc) is 3.37. The molecule has 9 heteroatoms. The Morgan fingerprint density at radius 2 is 1.97 bits per heavy atom. The minimum Gasteiger partial charge on any atom is -0.338 e. The van der Waals surface area contributed by atoms with Gasteiger partial charge in [0.25, 0.3) is 11.8 Å². The monoisotopic (exact) mass is 465 g/mol. The standard InChI is InChI=1S/C24H27N5O3S/c1-3-4-14-29-22(31)24(25-23(29)32,13-10-18-8-6-5-7-9-18)19-11-15-28(16-12-19)21(30)20-17(2)26-27-33-20/h5-9,19H,10-16H2,1-2H3,(H,25,32)/t24-/m0/s1. The van der Waals surface area contributed by atoms with E-state index in [-0.39, 0.29) is 30.3 Å². The molecule has 0 saturated carbocycles. The third-order valence-corrected chi connectivity index (χ3v) is 7.41. The number of benzene rings is 1. The van der Waals surface area contributed by atoms with Crippen molar-refractivity contribution in [3.63, 3.8) is 0 Å². The molecule has 2 saturated heterocycles. The van der Waals surface area contributed by atoms with E-state index < -0.39 is 5.54 Å². The highest BCUT2D eigenvalue weighted by Gasteiger charge is 2.55. The quantitative estimate of drug-likeness (QED) is 0.523. The number of aromatic nitrogens is 2. The van der Waals surface area contributed by atoms with E-state index in [1.807, 2.05) is 30.3 Å². The number of carbonyl (C=O) groups is 3. The topological polar surface area (TPSA) is 95.5 Å². The molecule has 172 valence electrons. The zero-order valence-electron chi connectivity index (χ0n) is 18.8. The van der Waals surface area contributed by atoms with Gasteiger partial charge >= 0.3 is 6.03 Å².